The average molecular weight is 472 g/mol. The Morgan fingerprint density at radius 2 is 2.04 bits per heavy atom. The first-order chi connectivity index (χ1) is 10.5. The monoisotopic (exact) mass is 471 g/mol. The average Bonchev–Trinajstić information content (AvgIpc) is 3.01. The Labute approximate surface area is 162 Å². The number of nitrogens with one attached hydrogen (secondary N) is 2. The summed E-state index contributed by atoms with van der Waals surface area (Å²) in [6, 6.07) is 1.82. The second-order valence-corrected chi connectivity index (χ2v) is 5.51. The zero-order valence-corrected chi connectivity index (χ0v) is 17.0. The summed E-state index contributed by atoms with van der Waals surface area (Å²) >= 11 is 12.1. The second kappa shape index (κ2) is 9.33. The number of aliphatic imine (C=N–C) groups is 1. The number of aromatic nitrogens is 4. The molecule has 23 heavy (non-hydrogen) atoms. The Morgan fingerprint density at radius 3 is 2.57 bits per heavy atom. The first-order valence-electron chi connectivity index (χ1n) is 6.87. The molecule has 7 nitrogen and oxygen atoms in total. The Bertz CT molecular complexity index is 665. The molecule has 0 aromatic carbocycles. The Kier molecular flexibility index (Phi) is 8.13. The van der Waals surface area contributed by atoms with E-state index in [1.54, 1.807) is 6.33 Å². The third kappa shape index (κ3) is 5.25. The van der Waals surface area contributed by atoms with Crippen LogP contribution in [0.1, 0.15) is 18.4 Å². The van der Waals surface area contributed by atoms with Crippen molar-refractivity contribution in [3.8, 4) is 0 Å². The molecule has 2 N–H and O–H groups in total. The topological polar surface area (TPSA) is 72.1 Å². The summed E-state index contributed by atoms with van der Waals surface area (Å²) in [6.45, 7) is 3.78. The van der Waals surface area contributed by atoms with Gasteiger partial charge in [0.1, 0.15) is 11.5 Å². The second-order valence-electron chi connectivity index (χ2n) is 4.74. The fraction of sp³-hybridized carbons (Fsp3) is 0.462. The van der Waals surface area contributed by atoms with E-state index in [0.717, 1.165) is 18.1 Å². The molecule has 0 unspecified atom stereocenters. The van der Waals surface area contributed by atoms with Crippen molar-refractivity contribution >= 4 is 53.1 Å². The van der Waals surface area contributed by atoms with E-state index >= 15 is 0 Å². The number of hydrogen-bond donors (Lipinski definition) is 2. The van der Waals surface area contributed by atoms with Crippen molar-refractivity contribution in [2.75, 3.05) is 6.54 Å². The van der Waals surface area contributed by atoms with E-state index in [4.69, 9.17) is 23.2 Å². The summed E-state index contributed by atoms with van der Waals surface area (Å²) in [5.74, 6) is 1.52. The maximum Gasteiger partial charge on any atom is 0.192 e. The lowest BCUT2D eigenvalue weighted by molar-refractivity contribution is 0.723. The zero-order chi connectivity index (χ0) is 16.1. The molecule has 2 aromatic rings. The fourth-order valence-electron chi connectivity index (χ4n) is 1.87. The Morgan fingerprint density at radius 1 is 1.30 bits per heavy atom. The molecule has 0 aliphatic heterocycles. The lowest BCUT2D eigenvalue weighted by Crippen LogP contribution is -2.37. The fourth-order valence-corrected chi connectivity index (χ4v) is 2.29. The molecule has 2 rings (SSSR count). The smallest absolute Gasteiger partial charge is 0.192 e. The maximum atomic E-state index is 6.05. The van der Waals surface area contributed by atoms with E-state index in [2.05, 4.69) is 25.8 Å². The van der Waals surface area contributed by atoms with Gasteiger partial charge in [0.25, 0.3) is 0 Å². The van der Waals surface area contributed by atoms with E-state index in [-0.39, 0.29) is 24.0 Å². The van der Waals surface area contributed by atoms with E-state index < -0.39 is 0 Å². The predicted octanol–water partition coefficient (Wildman–Crippen LogP) is 2.33. The molecule has 0 radical (unpaired) electrons. The molecule has 0 saturated carbocycles. The normalized spacial score (nSPS) is 11.3. The summed E-state index contributed by atoms with van der Waals surface area (Å²) in [6.07, 6.45) is 1.66. The third-order valence-corrected chi connectivity index (χ3v) is 4.02. The lowest BCUT2D eigenvalue weighted by Gasteiger charge is -2.11. The first-order valence-corrected chi connectivity index (χ1v) is 7.63. The van der Waals surface area contributed by atoms with Gasteiger partial charge in [0, 0.05) is 26.3 Å². The molecule has 0 spiro atoms. The predicted molar refractivity (Wildman–Crippen MR) is 104 cm³/mol. The van der Waals surface area contributed by atoms with Crippen LogP contribution in [0, 0.1) is 0 Å². The highest BCUT2D eigenvalue weighted by Crippen LogP contribution is 2.25. The number of hydrogen-bond acceptors (Lipinski definition) is 3. The number of nitrogens with zero attached hydrogens (tertiary/aromatic N) is 5. The standard InChI is InChI=1S/C13H19Cl2N7.HI/c1-4-16-13(18-7-11-20-19-8-21(11)2)17-6-9-5-10(14)12(15)22(9)3;/h5,8H,4,6-7H2,1-3H3,(H2,16,17,18);1H. The molecule has 0 aliphatic rings. The lowest BCUT2D eigenvalue weighted by atomic mass is 10.4. The summed E-state index contributed by atoms with van der Waals surface area (Å²) in [4.78, 5) is 4.53. The maximum absolute atomic E-state index is 6.05. The van der Waals surface area contributed by atoms with Gasteiger partial charge in [0.05, 0.1) is 18.1 Å². The Balaban J connectivity index is 0.00000264. The minimum absolute atomic E-state index is 0. The van der Waals surface area contributed by atoms with Crippen LogP contribution in [0.2, 0.25) is 10.2 Å². The van der Waals surface area contributed by atoms with Crippen molar-refractivity contribution in [1.82, 2.24) is 30.0 Å². The molecule has 0 saturated heterocycles. The SMILES string of the molecule is CCNC(=NCc1cc(Cl)c(Cl)n1C)NCc1nncn1C.I. The van der Waals surface area contributed by atoms with Gasteiger partial charge < -0.3 is 19.8 Å². The van der Waals surface area contributed by atoms with Gasteiger partial charge in [-0.2, -0.15) is 0 Å². The van der Waals surface area contributed by atoms with Crippen LogP contribution >= 0.6 is 47.2 Å². The van der Waals surface area contributed by atoms with Crippen LogP contribution in [0.5, 0.6) is 0 Å². The van der Waals surface area contributed by atoms with E-state index in [1.165, 1.54) is 0 Å². The van der Waals surface area contributed by atoms with Gasteiger partial charge in [0.2, 0.25) is 0 Å². The van der Waals surface area contributed by atoms with Crippen molar-refractivity contribution < 1.29 is 0 Å². The van der Waals surface area contributed by atoms with Gasteiger partial charge in [-0.15, -0.1) is 34.2 Å². The van der Waals surface area contributed by atoms with Gasteiger partial charge in [-0.25, -0.2) is 4.99 Å². The highest BCUT2D eigenvalue weighted by molar-refractivity contribution is 14.0. The van der Waals surface area contributed by atoms with Gasteiger partial charge in [-0.1, -0.05) is 23.2 Å². The highest BCUT2D eigenvalue weighted by Gasteiger charge is 2.09. The number of rotatable bonds is 5. The molecule has 2 heterocycles. The van der Waals surface area contributed by atoms with E-state index in [9.17, 15) is 0 Å². The first kappa shape index (κ1) is 20.0. The molecule has 0 amide bonds. The quantitative estimate of drug-likeness (QED) is 0.399. The van der Waals surface area contributed by atoms with Crippen LogP contribution in [0.25, 0.3) is 0 Å². The Hall–Kier alpha value is -1.000. The largest absolute Gasteiger partial charge is 0.357 e. The zero-order valence-electron chi connectivity index (χ0n) is 13.2. The third-order valence-electron chi connectivity index (χ3n) is 3.18. The van der Waals surface area contributed by atoms with Crippen molar-refractivity contribution in [3.05, 3.63) is 34.1 Å². The van der Waals surface area contributed by atoms with Crippen LogP contribution in [-0.2, 0) is 27.2 Å². The summed E-state index contributed by atoms with van der Waals surface area (Å²) < 4.78 is 3.67. The highest BCUT2D eigenvalue weighted by atomic mass is 127. The molecule has 2 aromatic heterocycles. The van der Waals surface area contributed by atoms with Crippen molar-refractivity contribution in [2.24, 2.45) is 19.1 Å². The molecule has 0 fully saturated rings. The van der Waals surface area contributed by atoms with Gasteiger partial charge in [-0.05, 0) is 13.0 Å². The van der Waals surface area contributed by atoms with Crippen LogP contribution in [0.4, 0.5) is 0 Å². The van der Waals surface area contributed by atoms with Crippen LogP contribution in [0.3, 0.4) is 0 Å². The molecule has 0 aliphatic carbocycles. The van der Waals surface area contributed by atoms with E-state index in [1.807, 2.05) is 36.2 Å². The van der Waals surface area contributed by atoms with Gasteiger partial charge >= 0.3 is 0 Å². The number of guanidine groups is 1. The molecular formula is C13H20Cl2IN7. The number of aryl methyl sites for hydroxylation is 1. The van der Waals surface area contributed by atoms with Crippen LogP contribution in [0.15, 0.2) is 17.4 Å². The van der Waals surface area contributed by atoms with Crippen LogP contribution < -0.4 is 10.6 Å². The van der Waals surface area contributed by atoms with E-state index in [0.29, 0.717) is 29.2 Å². The minimum Gasteiger partial charge on any atom is -0.357 e. The van der Waals surface area contributed by atoms with Crippen molar-refractivity contribution in [3.63, 3.8) is 0 Å². The summed E-state index contributed by atoms with van der Waals surface area (Å²) in [5, 5.41) is 15.3. The van der Waals surface area contributed by atoms with Crippen molar-refractivity contribution in [1.29, 1.82) is 0 Å². The van der Waals surface area contributed by atoms with Gasteiger partial charge in [-0.3, -0.25) is 0 Å². The molecule has 0 atom stereocenters. The summed E-state index contributed by atoms with van der Waals surface area (Å²) in [7, 11) is 3.76. The molecular weight excluding hydrogens is 452 g/mol. The minimum atomic E-state index is 0. The molecule has 10 heteroatoms. The molecule has 0 bridgehead atoms. The van der Waals surface area contributed by atoms with Crippen molar-refractivity contribution in [2.45, 2.75) is 20.0 Å². The molecule has 128 valence electrons. The number of halogens is 3. The summed E-state index contributed by atoms with van der Waals surface area (Å²) in [5.41, 5.74) is 0.936. The van der Waals surface area contributed by atoms with Gasteiger partial charge in [0.15, 0.2) is 11.8 Å². The van der Waals surface area contributed by atoms with Crippen LogP contribution in [-0.4, -0.2) is 31.8 Å².